The number of hydrogen-bond donors (Lipinski definition) is 0. The van der Waals surface area contributed by atoms with Gasteiger partial charge in [0.25, 0.3) is 0 Å². The number of ether oxygens (including phenoxy) is 3. The SMILES string of the molecule is C=CC(=O)O[C@@H]1CC[C@@]2(C)[C@H](CC[C@@H]3[C@@H]2C[C@H](OC(=O)C=C)[C@]2(C)[C@@H]([C@H](C)CCC(=O)OC)CC[C@@H]32)C1. The maximum atomic E-state index is 12.6. The molecule has 0 unspecified atom stereocenters. The number of methoxy groups -OCH3 is 1. The van der Waals surface area contributed by atoms with Crippen molar-refractivity contribution in [3.05, 3.63) is 25.3 Å². The minimum Gasteiger partial charge on any atom is -0.469 e. The number of fused-ring (bicyclic) bond motifs is 5. The van der Waals surface area contributed by atoms with E-state index >= 15 is 0 Å². The van der Waals surface area contributed by atoms with Gasteiger partial charge in [-0.05, 0) is 98.7 Å². The van der Waals surface area contributed by atoms with Gasteiger partial charge in [-0.2, -0.15) is 0 Å². The van der Waals surface area contributed by atoms with Crippen LogP contribution in [0, 0.1) is 46.3 Å². The molecule has 4 aliphatic rings. The maximum Gasteiger partial charge on any atom is 0.330 e. The van der Waals surface area contributed by atoms with Crippen LogP contribution in [0.5, 0.6) is 0 Å². The minimum absolute atomic E-state index is 0.0325. The van der Waals surface area contributed by atoms with Gasteiger partial charge in [-0.1, -0.05) is 33.9 Å². The van der Waals surface area contributed by atoms with Crippen molar-refractivity contribution in [1.82, 2.24) is 0 Å². The molecule has 10 atom stereocenters. The molecule has 4 fully saturated rings. The fraction of sp³-hybridized carbons (Fsp3) is 0.774. The van der Waals surface area contributed by atoms with Gasteiger partial charge in [-0.3, -0.25) is 4.79 Å². The minimum atomic E-state index is -0.339. The summed E-state index contributed by atoms with van der Waals surface area (Å²) in [6, 6.07) is 0. The Labute approximate surface area is 222 Å². The summed E-state index contributed by atoms with van der Waals surface area (Å²) in [6.45, 7) is 14.3. The van der Waals surface area contributed by atoms with Crippen molar-refractivity contribution in [2.75, 3.05) is 7.11 Å². The lowest BCUT2D eigenvalue weighted by Crippen LogP contribution is -2.59. The molecular weight excluding hydrogens is 468 g/mol. The Bertz CT molecular complexity index is 911. The van der Waals surface area contributed by atoms with Gasteiger partial charge < -0.3 is 14.2 Å². The van der Waals surface area contributed by atoms with Crippen molar-refractivity contribution in [1.29, 1.82) is 0 Å². The predicted octanol–water partition coefficient (Wildman–Crippen LogP) is 6.04. The highest BCUT2D eigenvalue weighted by Gasteiger charge is 2.65. The maximum absolute atomic E-state index is 12.6. The summed E-state index contributed by atoms with van der Waals surface area (Å²) >= 11 is 0. The van der Waals surface area contributed by atoms with E-state index in [9.17, 15) is 14.4 Å². The van der Waals surface area contributed by atoms with Crippen LogP contribution in [-0.4, -0.2) is 37.2 Å². The molecule has 0 spiro atoms. The molecule has 0 heterocycles. The smallest absolute Gasteiger partial charge is 0.330 e. The van der Waals surface area contributed by atoms with Gasteiger partial charge in [0, 0.05) is 24.0 Å². The molecule has 0 aromatic rings. The van der Waals surface area contributed by atoms with E-state index in [0.717, 1.165) is 51.4 Å². The number of rotatable bonds is 8. The van der Waals surface area contributed by atoms with Gasteiger partial charge in [-0.25, -0.2) is 9.59 Å². The third-order valence-corrected chi connectivity index (χ3v) is 11.4. The second-order valence-corrected chi connectivity index (χ2v) is 12.7. The Morgan fingerprint density at radius 2 is 1.65 bits per heavy atom. The van der Waals surface area contributed by atoms with Crippen LogP contribution in [0.3, 0.4) is 0 Å². The van der Waals surface area contributed by atoms with Crippen LogP contribution in [0.4, 0.5) is 0 Å². The van der Waals surface area contributed by atoms with Gasteiger partial charge >= 0.3 is 17.9 Å². The average molecular weight is 515 g/mol. The van der Waals surface area contributed by atoms with E-state index in [4.69, 9.17) is 14.2 Å². The number of carbonyl (C=O) groups excluding carboxylic acids is 3. The molecule has 6 heteroatoms. The summed E-state index contributed by atoms with van der Waals surface area (Å²) < 4.78 is 16.8. The van der Waals surface area contributed by atoms with E-state index in [1.165, 1.54) is 25.7 Å². The van der Waals surface area contributed by atoms with Gasteiger partial charge in [0.15, 0.2) is 0 Å². The largest absolute Gasteiger partial charge is 0.469 e. The van der Waals surface area contributed by atoms with Crippen LogP contribution in [0.2, 0.25) is 0 Å². The van der Waals surface area contributed by atoms with Crippen LogP contribution in [0.15, 0.2) is 25.3 Å². The molecule has 0 saturated heterocycles. The van der Waals surface area contributed by atoms with Gasteiger partial charge in [0.2, 0.25) is 0 Å². The van der Waals surface area contributed by atoms with E-state index in [1.54, 1.807) is 0 Å². The Kier molecular flexibility index (Phi) is 8.25. The zero-order chi connectivity index (χ0) is 27.0. The first-order valence-corrected chi connectivity index (χ1v) is 14.3. The molecular formula is C31H46O6. The van der Waals surface area contributed by atoms with Crippen molar-refractivity contribution >= 4 is 17.9 Å². The zero-order valence-corrected chi connectivity index (χ0v) is 23.2. The van der Waals surface area contributed by atoms with Crippen molar-refractivity contribution in [2.24, 2.45) is 46.3 Å². The average Bonchev–Trinajstić information content (AvgIpc) is 3.25. The standard InChI is InChI=1S/C31H46O6/c1-7-27(32)36-21-15-16-30(4)20(17-21)10-11-22-24-13-12-23(19(3)9-14-29(34)35-6)31(24,5)26(18-25(22)30)37-28(33)8-2/h7-8,19-26H,1-2,9-18H2,3-6H3/t19-,20-,21-,22+,23-,24+,25+,26+,30+,31-/m1/s1. The molecule has 206 valence electrons. The molecule has 0 amide bonds. The third-order valence-electron chi connectivity index (χ3n) is 11.4. The van der Waals surface area contributed by atoms with Crippen LogP contribution < -0.4 is 0 Å². The second kappa shape index (κ2) is 10.9. The Balaban J connectivity index is 1.59. The summed E-state index contributed by atoms with van der Waals surface area (Å²) in [5, 5.41) is 0. The van der Waals surface area contributed by atoms with Crippen LogP contribution in [-0.2, 0) is 28.6 Å². The Morgan fingerprint density at radius 3 is 2.32 bits per heavy atom. The summed E-state index contributed by atoms with van der Waals surface area (Å²) in [5.41, 5.74) is 0.0318. The lowest BCUT2D eigenvalue weighted by molar-refractivity contribution is -0.196. The fourth-order valence-electron chi connectivity index (χ4n) is 9.45. The number of hydrogen-bond acceptors (Lipinski definition) is 6. The van der Waals surface area contributed by atoms with E-state index in [1.807, 2.05) is 0 Å². The first-order chi connectivity index (χ1) is 17.6. The van der Waals surface area contributed by atoms with Crippen molar-refractivity contribution in [2.45, 2.75) is 97.2 Å². The van der Waals surface area contributed by atoms with Gasteiger partial charge in [0.1, 0.15) is 12.2 Å². The van der Waals surface area contributed by atoms with E-state index in [0.29, 0.717) is 41.9 Å². The molecule has 0 bridgehead atoms. The van der Waals surface area contributed by atoms with Crippen LogP contribution in [0.25, 0.3) is 0 Å². The fourth-order valence-corrected chi connectivity index (χ4v) is 9.45. The van der Waals surface area contributed by atoms with E-state index in [-0.39, 0.29) is 40.9 Å². The highest BCUT2D eigenvalue weighted by atomic mass is 16.5. The topological polar surface area (TPSA) is 78.9 Å². The number of esters is 3. The quantitative estimate of drug-likeness (QED) is 0.223. The van der Waals surface area contributed by atoms with Gasteiger partial charge in [0.05, 0.1) is 7.11 Å². The first kappa shape index (κ1) is 27.9. The molecule has 37 heavy (non-hydrogen) atoms. The Hall–Kier alpha value is -2.11. The van der Waals surface area contributed by atoms with E-state index < -0.39 is 0 Å². The molecule has 0 N–H and O–H groups in total. The lowest BCUT2D eigenvalue weighted by atomic mass is 9.43. The third kappa shape index (κ3) is 5.02. The van der Waals surface area contributed by atoms with Crippen LogP contribution >= 0.6 is 0 Å². The van der Waals surface area contributed by atoms with Crippen molar-refractivity contribution in [3.63, 3.8) is 0 Å². The summed E-state index contributed by atoms with van der Waals surface area (Å²) in [6.07, 6.45) is 11.9. The van der Waals surface area contributed by atoms with Gasteiger partial charge in [-0.15, -0.1) is 0 Å². The normalized spacial score (nSPS) is 41.2. The molecule has 4 rings (SSSR count). The number of carbonyl (C=O) groups is 3. The van der Waals surface area contributed by atoms with E-state index in [2.05, 4.69) is 33.9 Å². The molecule has 4 aliphatic carbocycles. The summed E-state index contributed by atoms with van der Waals surface area (Å²) in [5.74, 6) is 1.99. The van der Waals surface area contributed by atoms with Crippen molar-refractivity contribution < 1.29 is 28.6 Å². The monoisotopic (exact) mass is 514 g/mol. The van der Waals surface area contributed by atoms with Crippen molar-refractivity contribution in [3.8, 4) is 0 Å². The summed E-state index contributed by atoms with van der Waals surface area (Å²) in [7, 11) is 1.44. The second-order valence-electron chi connectivity index (χ2n) is 12.7. The molecule has 6 nitrogen and oxygen atoms in total. The zero-order valence-electron chi connectivity index (χ0n) is 23.2. The Morgan fingerprint density at radius 1 is 0.946 bits per heavy atom. The van der Waals surface area contributed by atoms with Crippen LogP contribution in [0.1, 0.15) is 85.0 Å². The highest BCUT2D eigenvalue weighted by molar-refractivity contribution is 5.81. The molecule has 0 radical (unpaired) electrons. The highest BCUT2D eigenvalue weighted by Crippen LogP contribution is 2.69. The molecule has 4 saturated carbocycles. The molecule has 0 aliphatic heterocycles. The first-order valence-electron chi connectivity index (χ1n) is 14.3. The molecule has 0 aromatic carbocycles. The molecule has 0 aromatic heterocycles. The summed E-state index contributed by atoms with van der Waals surface area (Å²) in [4.78, 5) is 36.3. The lowest BCUT2D eigenvalue weighted by Gasteiger charge is -2.62. The predicted molar refractivity (Wildman–Crippen MR) is 141 cm³/mol.